The molecule has 3 amide bonds. The Balaban J connectivity index is 1.25. The van der Waals surface area contributed by atoms with Crippen molar-refractivity contribution in [3.05, 3.63) is 95.9 Å². The van der Waals surface area contributed by atoms with Gasteiger partial charge in [0.1, 0.15) is 30.1 Å². The summed E-state index contributed by atoms with van der Waals surface area (Å²) < 4.78 is 5.64. The van der Waals surface area contributed by atoms with E-state index in [1.165, 1.54) is 11.2 Å². The number of benzene rings is 3. The molecule has 0 atom stereocenters. The number of imide groups is 1. The van der Waals surface area contributed by atoms with Gasteiger partial charge in [-0.1, -0.05) is 30.3 Å². The molecule has 0 unspecified atom stereocenters. The molecule has 5 aromatic rings. The molecule has 0 radical (unpaired) electrons. The minimum absolute atomic E-state index is 0.0842. The van der Waals surface area contributed by atoms with Crippen LogP contribution < -0.4 is 15.4 Å². The lowest BCUT2D eigenvalue weighted by Gasteiger charge is -2.15. The number of fused-ring (bicyclic) bond motifs is 2. The zero-order valence-corrected chi connectivity index (χ0v) is 24.3. The van der Waals surface area contributed by atoms with Gasteiger partial charge >= 0.3 is 0 Å². The largest absolute Gasteiger partial charge is 0.489 e. The first kappa shape index (κ1) is 28.9. The van der Waals surface area contributed by atoms with Crippen molar-refractivity contribution in [2.75, 3.05) is 29.6 Å². The Morgan fingerprint density at radius 1 is 0.977 bits per heavy atom. The van der Waals surface area contributed by atoms with Gasteiger partial charge in [0.05, 0.1) is 35.4 Å². The predicted molar refractivity (Wildman–Crippen MR) is 169 cm³/mol. The predicted octanol–water partition coefficient (Wildman–Crippen LogP) is 4.79. The van der Waals surface area contributed by atoms with Crippen molar-refractivity contribution in [1.29, 1.82) is 0 Å². The Kier molecular flexibility index (Phi) is 8.26. The highest BCUT2D eigenvalue weighted by atomic mass is 32.1. The van der Waals surface area contributed by atoms with E-state index in [4.69, 9.17) is 4.74 Å². The molecule has 44 heavy (non-hydrogen) atoms. The second-order valence-electron chi connectivity index (χ2n) is 10.0. The van der Waals surface area contributed by atoms with E-state index < -0.39 is 0 Å². The van der Waals surface area contributed by atoms with Crippen LogP contribution in [0.15, 0.2) is 79.3 Å². The van der Waals surface area contributed by atoms with Crippen LogP contribution in [0.25, 0.3) is 22.2 Å². The fourth-order valence-corrected chi connectivity index (χ4v) is 5.27. The van der Waals surface area contributed by atoms with Gasteiger partial charge in [-0.05, 0) is 53.3 Å². The van der Waals surface area contributed by atoms with Crippen LogP contribution in [0.5, 0.6) is 5.75 Å². The highest BCUT2D eigenvalue weighted by Gasteiger charge is 2.34. The quantitative estimate of drug-likeness (QED) is 0.106. The van der Waals surface area contributed by atoms with Crippen molar-refractivity contribution < 1.29 is 24.2 Å². The molecular formula is C32H28N6O5S. The molecule has 6 rings (SSSR count). The summed E-state index contributed by atoms with van der Waals surface area (Å²) in [7, 11) is 0. The SMILES string of the molecule is O=C(CCS)Nc1cc(-c2c[nH]c3ncnc(Nc4ccc(CN5C(=O)c6ccccc6C5=O)cc4)c23)ccc1OCCO. The molecule has 222 valence electrons. The molecule has 0 bridgehead atoms. The maximum atomic E-state index is 12.8. The summed E-state index contributed by atoms with van der Waals surface area (Å²) in [5, 5.41) is 16.2. The zero-order chi connectivity index (χ0) is 30.6. The normalized spacial score (nSPS) is 12.5. The second kappa shape index (κ2) is 12.6. The number of carbonyl (C=O) groups excluding carboxylic acids is 3. The zero-order valence-electron chi connectivity index (χ0n) is 23.4. The van der Waals surface area contributed by atoms with Crippen molar-refractivity contribution in [2.24, 2.45) is 0 Å². The Hall–Kier alpha value is -5.20. The first-order chi connectivity index (χ1) is 21.5. The Morgan fingerprint density at radius 2 is 1.73 bits per heavy atom. The number of H-pyrrole nitrogens is 1. The van der Waals surface area contributed by atoms with Gasteiger partial charge in [-0.25, -0.2) is 9.97 Å². The summed E-state index contributed by atoms with van der Waals surface area (Å²) >= 11 is 4.14. The average molecular weight is 609 g/mol. The van der Waals surface area contributed by atoms with Gasteiger partial charge in [0, 0.05) is 23.9 Å². The molecule has 11 nitrogen and oxygen atoms in total. The molecule has 2 aromatic heterocycles. The fraction of sp³-hybridized carbons (Fsp3) is 0.156. The second-order valence-corrected chi connectivity index (χ2v) is 10.5. The summed E-state index contributed by atoms with van der Waals surface area (Å²) in [6, 6.07) is 19.7. The Labute approximate surface area is 257 Å². The van der Waals surface area contributed by atoms with Crippen molar-refractivity contribution in [2.45, 2.75) is 13.0 Å². The van der Waals surface area contributed by atoms with Gasteiger partial charge in [-0.3, -0.25) is 19.3 Å². The minimum Gasteiger partial charge on any atom is -0.489 e. The van der Waals surface area contributed by atoms with Gasteiger partial charge in [-0.15, -0.1) is 0 Å². The molecular weight excluding hydrogens is 580 g/mol. The molecule has 0 spiro atoms. The van der Waals surface area contributed by atoms with Crippen LogP contribution in [0.1, 0.15) is 32.7 Å². The number of aromatic amines is 1. The lowest BCUT2D eigenvalue weighted by Crippen LogP contribution is -2.29. The van der Waals surface area contributed by atoms with Crippen LogP contribution in [0, 0.1) is 0 Å². The van der Waals surface area contributed by atoms with Crippen molar-refractivity contribution in [3.8, 4) is 16.9 Å². The molecule has 3 aromatic carbocycles. The van der Waals surface area contributed by atoms with Gasteiger partial charge in [0.15, 0.2) is 0 Å². The number of aromatic nitrogens is 3. The molecule has 0 saturated carbocycles. The topological polar surface area (TPSA) is 150 Å². The Bertz CT molecular complexity index is 1840. The van der Waals surface area contributed by atoms with Crippen LogP contribution in [-0.4, -0.2) is 61.6 Å². The lowest BCUT2D eigenvalue weighted by molar-refractivity contribution is -0.115. The third-order valence-corrected chi connectivity index (χ3v) is 7.38. The summed E-state index contributed by atoms with van der Waals surface area (Å²) in [6.45, 7) is 0.0857. The number of hydrogen-bond acceptors (Lipinski definition) is 9. The van der Waals surface area contributed by atoms with Crippen LogP contribution >= 0.6 is 12.6 Å². The lowest BCUT2D eigenvalue weighted by atomic mass is 10.0. The van der Waals surface area contributed by atoms with Gasteiger partial charge in [0.2, 0.25) is 5.91 Å². The number of carbonyl (C=O) groups is 3. The molecule has 12 heteroatoms. The van der Waals surface area contributed by atoms with Crippen molar-refractivity contribution in [1.82, 2.24) is 19.9 Å². The number of amides is 3. The van der Waals surface area contributed by atoms with E-state index in [-0.39, 0.29) is 43.9 Å². The number of hydrogen-bond donors (Lipinski definition) is 5. The summed E-state index contributed by atoms with van der Waals surface area (Å²) in [5.74, 6) is 0.590. The van der Waals surface area contributed by atoms with Crippen molar-refractivity contribution >= 4 is 58.6 Å². The molecule has 0 fully saturated rings. The monoisotopic (exact) mass is 608 g/mol. The van der Waals surface area contributed by atoms with E-state index in [9.17, 15) is 19.5 Å². The smallest absolute Gasteiger partial charge is 0.261 e. The van der Waals surface area contributed by atoms with Crippen LogP contribution in [0.2, 0.25) is 0 Å². The molecule has 0 saturated heterocycles. The standard InChI is InChI=1S/C32H28N6O5S/c39-12-13-43-26-10-7-20(15-25(26)37-27(40)11-14-44)24-16-33-29-28(24)30(35-18-34-29)36-21-8-5-19(6-9-21)17-38-31(41)22-3-1-2-4-23(22)32(38)42/h1-10,15-16,18,39,44H,11-14,17H2,(H,37,40)(H2,33,34,35,36). The van der Waals surface area contributed by atoms with Gasteiger partial charge < -0.3 is 25.5 Å². The summed E-state index contributed by atoms with van der Waals surface area (Å²) in [6.07, 6.45) is 3.51. The van der Waals surface area contributed by atoms with E-state index in [1.807, 2.05) is 36.5 Å². The van der Waals surface area contributed by atoms with Gasteiger partial charge in [-0.2, -0.15) is 12.6 Å². The number of aliphatic hydroxyl groups excluding tert-OH is 1. The maximum absolute atomic E-state index is 12.8. The van der Waals surface area contributed by atoms with Crippen LogP contribution in [0.3, 0.4) is 0 Å². The third-order valence-electron chi connectivity index (χ3n) is 7.16. The number of anilines is 3. The highest BCUT2D eigenvalue weighted by molar-refractivity contribution is 7.80. The molecule has 3 heterocycles. The summed E-state index contributed by atoms with van der Waals surface area (Å²) in [5.41, 5.74) is 5.05. The van der Waals surface area contributed by atoms with E-state index in [2.05, 4.69) is 38.2 Å². The number of nitrogens with zero attached hydrogens (tertiary/aromatic N) is 3. The number of aliphatic hydroxyl groups is 1. The average Bonchev–Trinajstić information content (AvgIpc) is 3.57. The van der Waals surface area contributed by atoms with E-state index in [1.54, 1.807) is 36.4 Å². The van der Waals surface area contributed by atoms with E-state index in [0.29, 0.717) is 39.8 Å². The molecule has 1 aliphatic heterocycles. The third kappa shape index (κ3) is 5.72. The van der Waals surface area contributed by atoms with E-state index >= 15 is 0 Å². The number of nitrogens with one attached hydrogen (secondary N) is 3. The Morgan fingerprint density at radius 3 is 2.43 bits per heavy atom. The van der Waals surface area contributed by atoms with Gasteiger partial charge in [0.25, 0.3) is 11.8 Å². The van der Waals surface area contributed by atoms with Crippen LogP contribution in [0.4, 0.5) is 17.2 Å². The highest BCUT2D eigenvalue weighted by Crippen LogP contribution is 2.37. The first-order valence-corrected chi connectivity index (χ1v) is 14.5. The number of rotatable bonds is 11. The fourth-order valence-electron chi connectivity index (χ4n) is 5.07. The first-order valence-electron chi connectivity index (χ1n) is 13.9. The van der Waals surface area contributed by atoms with Crippen LogP contribution in [-0.2, 0) is 11.3 Å². The van der Waals surface area contributed by atoms with E-state index in [0.717, 1.165) is 27.8 Å². The number of ether oxygens (including phenoxy) is 1. The molecule has 4 N–H and O–H groups in total. The minimum atomic E-state index is -0.298. The van der Waals surface area contributed by atoms with Crippen molar-refractivity contribution in [3.63, 3.8) is 0 Å². The molecule has 1 aliphatic rings. The number of thiol groups is 1. The maximum Gasteiger partial charge on any atom is 0.261 e. The summed E-state index contributed by atoms with van der Waals surface area (Å²) in [4.78, 5) is 51.2. The molecule has 0 aliphatic carbocycles.